The van der Waals surface area contributed by atoms with Crippen LogP contribution in [0.1, 0.15) is 10.4 Å². The Morgan fingerprint density at radius 3 is 2.65 bits per heavy atom. The summed E-state index contributed by atoms with van der Waals surface area (Å²) in [5.74, 6) is -0.339. The minimum absolute atomic E-state index is 0.186. The second-order valence-corrected chi connectivity index (χ2v) is 4.60. The van der Waals surface area contributed by atoms with E-state index < -0.39 is 0 Å². The number of aromatic nitrogens is 1. The molecule has 0 saturated heterocycles. The van der Waals surface area contributed by atoms with Gasteiger partial charge in [-0.3, -0.25) is 10.1 Å². The molecule has 7 heteroatoms. The fourth-order valence-corrected chi connectivity index (χ4v) is 2.10. The Morgan fingerprint density at radius 2 is 2.06 bits per heavy atom. The molecule has 1 aromatic heterocycles. The molecule has 0 bridgehead atoms. The summed E-state index contributed by atoms with van der Waals surface area (Å²) in [6, 6.07) is 6.76. The van der Waals surface area contributed by atoms with Gasteiger partial charge in [0.05, 0.1) is 5.56 Å². The van der Waals surface area contributed by atoms with Gasteiger partial charge in [0.2, 0.25) is 0 Å². The number of para-hydroxylation sites is 1. The largest absolute Gasteiger partial charge is 0.398 e. The van der Waals surface area contributed by atoms with Crippen molar-refractivity contribution in [3.8, 4) is 0 Å². The molecule has 2 rings (SSSR count). The molecule has 5 N–H and O–H groups in total. The number of hydrogen-bond donors (Lipinski definition) is 3. The van der Waals surface area contributed by atoms with E-state index in [1.165, 1.54) is 0 Å². The van der Waals surface area contributed by atoms with Crippen molar-refractivity contribution in [3.63, 3.8) is 0 Å². The number of hydrogen-bond acceptors (Lipinski definition) is 5. The minimum atomic E-state index is -0.339. The van der Waals surface area contributed by atoms with Gasteiger partial charge in [-0.2, -0.15) is 0 Å². The van der Waals surface area contributed by atoms with E-state index in [0.717, 1.165) is 11.3 Å². The van der Waals surface area contributed by atoms with Crippen LogP contribution in [0.3, 0.4) is 0 Å². The molecule has 1 amide bonds. The van der Waals surface area contributed by atoms with Crippen LogP contribution in [0.2, 0.25) is 5.15 Å². The van der Waals surface area contributed by atoms with Crippen LogP contribution in [-0.2, 0) is 0 Å². The highest BCUT2D eigenvalue weighted by atomic mass is 35.5. The number of nitrogens with one attached hydrogen (secondary N) is 1. The summed E-state index contributed by atoms with van der Waals surface area (Å²) in [5.41, 5.74) is 12.0. The van der Waals surface area contributed by atoms with Crippen molar-refractivity contribution in [2.24, 2.45) is 0 Å². The normalized spacial score (nSPS) is 10.2. The Hall–Kier alpha value is -1.79. The topological polar surface area (TPSA) is 94.0 Å². The lowest BCUT2D eigenvalue weighted by Gasteiger charge is -2.03. The van der Waals surface area contributed by atoms with E-state index in [2.05, 4.69) is 10.3 Å². The molecule has 17 heavy (non-hydrogen) atoms. The summed E-state index contributed by atoms with van der Waals surface area (Å²) >= 11 is 6.79. The third-order valence-corrected chi connectivity index (χ3v) is 3.24. The van der Waals surface area contributed by atoms with Gasteiger partial charge in [0.1, 0.15) is 5.00 Å². The van der Waals surface area contributed by atoms with Gasteiger partial charge >= 0.3 is 0 Å². The highest BCUT2D eigenvalue weighted by Gasteiger charge is 2.12. The van der Waals surface area contributed by atoms with Crippen LogP contribution in [0.4, 0.5) is 15.8 Å². The molecule has 0 saturated carbocycles. The van der Waals surface area contributed by atoms with E-state index in [9.17, 15) is 4.79 Å². The number of amides is 1. The first-order chi connectivity index (χ1) is 8.08. The van der Waals surface area contributed by atoms with Crippen molar-refractivity contribution < 1.29 is 4.79 Å². The number of anilines is 3. The van der Waals surface area contributed by atoms with Gasteiger partial charge in [0.15, 0.2) is 10.3 Å². The number of thiazole rings is 1. The van der Waals surface area contributed by atoms with Crippen LogP contribution >= 0.6 is 22.9 Å². The molecular weight excluding hydrogens is 260 g/mol. The maximum absolute atomic E-state index is 11.8. The molecule has 2 aromatic rings. The lowest BCUT2D eigenvalue weighted by molar-refractivity contribution is 0.102. The van der Waals surface area contributed by atoms with Crippen LogP contribution in [-0.4, -0.2) is 10.9 Å². The van der Waals surface area contributed by atoms with Gasteiger partial charge in [0, 0.05) is 5.69 Å². The molecule has 88 valence electrons. The molecule has 0 aliphatic rings. The van der Waals surface area contributed by atoms with Gasteiger partial charge in [-0.25, -0.2) is 4.98 Å². The number of carbonyl (C=O) groups excluding carboxylic acids is 1. The molecule has 0 atom stereocenters. The highest BCUT2D eigenvalue weighted by Crippen LogP contribution is 2.29. The number of benzene rings is 1. The Balaban J connectivity index is 2.20. The molecule has 0 aliphatic heterocycles. The fraction of sp³-hybridized carbons (Fsp3) is 0. The van der Waals surface area contributed by atoms with Gasteiger partial charge in [-0.15, -0.1) is 0 Å². The lowest BCUT2D eigenvalue weighted by Crippen LogP contribution is -2.13. The van der Waals surface area contributed by atoms with Crippen molar-refractivity contribution >= 4 is 44.7 Å². The van der Waals surface area contributed by atoms with E-state index in [0.29, 0.717) is 21.4 Å². The first kappa shape index (κ1) is 11.7. The molecule has 0 fully saturated rings. The second kappa shape index (κ2) is 4.60. The molecule has 0 spiro atoms. The van der Waals surface area contributed by atoms with Crippen LogP contribution in [0.15, 0.2) is 24.3 Å². The Morgan fingerprint density at radius 1 is 1.35 bits per heavy atom. The third kappa shape index (κ3) is 2.48. The molecule has 1 aromatic carbocycles. The first-order valence-corrected chi connectivity index (χ1v) is 5.85. The molecule has 1 heterocycles. The van der Waals surface area contributed by atoms with Gasteiger partial charge in [-0.1, -0.05) is 35.1 Å². The molecule has 0 radical (unpaired) electrons. The number of nitrogen functional groups attached to an aromatic ring is 2. The van der Waals surface area contributed by atoms with E-state index in [1.54, 1.807) is 24.3 Å². The number of nitrogens with two attached hydrogens (primary N) is 2. The lowest BCUT2D eigenvalue weighted by atomic mass is 10.2. The minimum Gasteiger partial charge on any atom is -0.398 e. The van der Waals surface area contributed by atoms with E-state index in [4.69, 9.17) is 23.1 Å². The predicted octanol–water partition coefficient (Wildman–Crippen LogP) is 2.21. The molecule has 5 nitrogen and oxygen atoms in total. The van der Waals surface area contributed by atoms with Crippen molar-refractivity contribution in [2.75, 3.05) is 16.8 Å². The second-order valence-electron chi connectivity index (χ2n) is 3.22. The van der Waals surface area contributed by atoms with E-state index in [1.807, 2.05) is 0 Å². The fourth-order valence-electron chi connectivity index (χ4n) is 1.24. The van der Waals surface area contributed by atoms with Crippen LogP contribution < -0.4 is 16.8 Å². The quantitative estimate of drug-likeness (QED) is 0.728. The Bertz CT molecular complexity index is 550. The summed E-state index contributed by atoms with van der Waals surface area (Å²) in [7, 11) is 0. The van der Waals surface area contributed by atoms with E-state index in [-0.39, 0.29) is 11.1 Å². The van der Waals surface area contributed by atoms with Crippen molar-refractivity contribution in [2.45, 2.75) is 0 Å². The maximum Gasteiger partial charge on any atom is 0.259 e. The summed E-state index contributed by atoms with van der Waals surface area (Å²) in [6.45, 7) is 0. The summed E-state index contributed by atoms with van der Waals surface area (Å²) in [6.07, 6.45) is 0. The van der Waals surface area contributed by atoms with Crippen molar-refractivity contribution in [1.82, 2.24) is 4.98 Å². The molecule has 0 unspecified atom stereocenters. The summed E-state index contributed by atoms with van der Waals surface area (Å²) in [5, 5.41) is 3.48. The zero-order valence-electron chi connectivity index (χ0n) is 8.61. The van der Waals surface area contributed by atoms with Crippen LogP contribution in [0.5, 0.6) is 0 Å². The van der Waals surface area contributed by atoms with Gasteiger partial charge in [0.25, 0.3) is 5.91 Å². The number of carbonyl (C=O) groups is 1. The zero-order valence-corrected chi connectivity index (χ0v) is 10.2. The predicted molar refractivity (Wildman–Crippen MR) is 70.3 cm³/mol. The Kier molecular flexibility index (Phi) is 3.16. The van der Waals surface area contributed by atoms with Crippen LogP contribution in [0, 0.1) is 0 Å². The molecular formula is C10H9ClN4OS. The SMILES string of the molecule is Nc1ccccc1C(=O)Nc1nc(Cl)c(N)s1. The molecule has 0 aliphatic carbocycles. The highest BCUT2D eigenvalue weighted by molar-refractivity contribution is 7.20. The zero-order chi connectivity index (χ0) is 12.4. The maximum atomic E-state index is 11.8. The van der Waals surface area contributed by atoms with Crippen molar-refractivity contribution in [1.29, 1.82) is 0 Å². The Labute approximate surface area is 106 Å². The standard InChI is InChI=1S/C10H9ClN4OS/c11-7-8(13)17-10(14-7)15-9(16)5-3-1-2-4-6(5)12/h1-4H,12-13H2,(H,14,15,16). The van der Waals surface area contributed by atoms with Crippen molar-refractivity contribution in [3.05, 3.63) is 35.0 Å². The average Bonchev–Trinajstić information content (AvgIpc) is 2.58. The smallest absolute Gasteiger partial charge is 0.259 e. The summed E-state index contributed by atoms with van der Waals surface area (Å²) in [4.78, 5) is 15.7. The monoisotopic (exact) mass is 268 g/mol. The number of halogens is 1. The van der Waals surface area contributed by atoms with Crippen LogP contribution in [0.25, 0.3) is 0 Å². The average molecular weight is 269 g/mol. The number of nitrogens with zero attached hydrogens (tertiary/aromatic N) is 1. The first-order valence-electron chi connectivity index (χ1n) is 4.65. The van der Waals surface area contributed by atoms with Gasteiger partial charge in [-0.05, 0) is 12.1 Å². The number of rotatable bonds is 2. The summed E-state index contributed by atoms with van der Waals surface area (Å²) < 4.78 is 0. The third-order valence-electron chi connectivity index (χ3n) is 2.04. The van der Waals surface area contributed by atoms with E-state index >= 15 is 0 Å². The van der Waals surface area contributed by atoms with Gasteiger partial charge < -0.3 is 11.5 Å².